The number of aryl methyl sites for hydroxylation is 1. The summed E-state index contributed by atoms with van der Waals surface area (Å²) in [5.74, 6) is 1.31. The van der Waals surface area contributed by atoms with Crippen molar-refractivity contribution in [2.24, 2.45) is 0 Å². The summed E-state index contributed by atoms with van der Waals surface area (Å²) in [6, 6.07) is 10.8. The molecule has 144 valence electrons. The minimum absolute atomic E-state index is 0.00611. The standard InChI is InChI=1S/C20H20N4O4/c1-13-10-17(28-23-13)16-8-5-9-24(16)20(26)15-11-21-18(22-19(15)25)12-27-14-6-3-2-4-7-14/h2-4,6-7,10-11,16H,5,8-9,12H2,1H3,(H,21,22,25)/t16-/m0/s1. The number of ether oxygens (including phenoxy) is 1. The van der Waals surface area contributed by atoms with Crippen LogP contribution in [0, 0.1) is 6.92 Å². The number of amides is 1. The molecule has 1 aliphatic rings. The number of hydrogen-bond donors (Lipinski definition) is 1. The minimum atomic E-state index is -0.480. The van der Waals surface area contributed by atoms with Crippen LogP contribution in [0.3, 0.4) is 0 Å². The number of aromatic nitrogens is 3. The van der Waals surface area contributed by atoms with E-state index in [1.165, 1.54) is 6.20 Å². The quantitative estimate of drug-likeness (QED) is 0.730. The average Bonchev–Trinajstić information content (AvgIpc) is 3.35. The van der Waals surface area contributed by atoms with Crippen molar-refractivity contribution in [3.05, 3.63) is 75.8 Å². The van der Waals surface area contributed by atoms with Crippen LogP contribution >= 0.6 is 0 Å². The Morgan fingerprint density at radius 2 is 2.18 bits per heavy atom. The highest BCUT2D eigenvalue weighted by Gasteiger charge is 2.34. The van der Waals surface area contributed by atoms with Crippen LogP contribution in [-0.2, 0) is 6.61 Å². The van der Waals surface area contributed by atoms with Crippen LogP contribution in [0.15, 0.2) is 51.9 Å². The number of benzene rings is 1. The molecule has 3 heterocycles. The molecule has 1 atom stereocenters. The molecule has 0 spiro atoms. The van der Waals surface area contributed by atoms with E-state index >= 15 is 0 Å². The van der Waals surface area contributed by atoms with Crippen LogP contribution in [0.4, 0.5) is 0 Å². The van der Waals surface area contributed by atoms with E-state index in [-0.39, 0.29) is 24.1 Å². The van der Waals surface area contributed by atoms with Gasteiger partial charge in [0.25, 0.3) is 11.5 Å². The number of hydrogen-bond acceptors (Lipinski definition) is 6. The molecule has 1 saturated heterocycles. The van der Waals surface area contributed by atoms with Gasteiger partial charge in [0.1, 0.15) is 23.7 Å². The Hall–Kier alpha value is -3.42. The van der Waals surface area contributed by atoms with Crippen LogP contribution in [0.2, 0.25) is 0 Å². The first-order valence-corrected chi connectivity index (χ1v) is 9.12. The minimum Gasteiger partial charge on any atom is -0.486 e. The van der Waals surface area contributed by atoms with Crippen molar-refractivity contribution >= 4 is 5.91 Å². The molecule has 0 aliphatic carbocycles. The van der Waals surface area contributed by atoms with E-state index in [0.29, 0.717) is 23.9 Å². The summed E-state index contributed by atoms with van der Waals surface area (Å²) in [6.07, 6.45) is 2.92. The third-order valence-electron chi connectivity index (χ3n) is 4.69. The first-order valence-electron chi connectivity index (χ1n) is 9.12. The largest absolute Gasteiger partial charge is 0.486 e. The summed E-state index contributed by atoms with van der Waals surface area (Å²) < 4.78 is 10.9. The van der Waals surface area contributed by atoms with Crippen molar-refractivity contribution in [1.29, 1.82) is 0 Å². The molecule has 1 fully saturated rings. The summed E-state index contributed by atoms with van der Waals surface area (Å²) in [7, 11) is 0. The van der Waals surface area contributed by atoms with Crippen molar-refractivity contribution in [2.75, 3.05) is 6.54 Å². The van der Waals surface area contributed by atoms with E-state index in [1.54, 1.807) is 4.90 Å². The smallest absolute Gasteiger partial charge is 0.263 e. The molecular weight excluding hydrogens is 360 g/mol. The Balaban J connectivity index is 1.49. The zero-order chi connectivity index (χ0) is 19.5. The van der Waals surface area contributed by atoms with Crippen LogP contribution in [0.25, 0.3) is 0 Å². The Labute approximate surface area is 161 Å². The maximum absolute atomic E-state index is 12.9. The highest BCUT2D eigenvalue weighted by molar-refractivity contribution is 5.94. The first-order chi connectivity index (χ1) is 13.6. The normalized spacial score (nSPS) is 16.3. The SMILES string of the molecule is Cc1cc([C@@H]2CCCN2C(=O)c2cnc(COc3ccccc3)[nH]c2=O)on1. The average molecular weight is 380 g/mol. The Kier molecular flexibility index (Phi) is 4.92. The lowest BCUT2D eigenvalue weighted by atomic mass is 10.1. The van der Waals surface area contributed by atoms with Gasteiger partial charge >= 0.3 is 0 Å². The summed E-state index contributed by atoms with van der Waals surface area (Å²) in [5.41, 5.74) is 0.286. The van der Waals surface area contributed by atoms with E-state index in [0.717, 1.165) is 18.5 Å². The predicted molar refractivity (Wildman–Crippen MR) is 99.9 cm³/mol. The Morgan fingerprint density at radius 3 is 2.89 bits per heavy atom. The highest BCUT2D eigenvalue weighted by Crippen LogP contribution is 2.33. The molecule has 0 unspecified atom stereocenters. The lowest BCUT2D eigenvalue weighted by Gasteiger charge is -2.22. The molecule has 3 aromatic rings. The third kappa shape index (κ3) is 3.66. The molecule has 0 bridgehead atoms. The molecule has 1 N–H and O–H groups in total. The molecule has 8 heteroatoms. The fraction of sp³-hybridized carbons (Fsp3) is 0.300. The summed E-state index contributed by atoms with van der Waals surface area (Å²) in [5, 5.41) is 3.90. The number of likely N-dealkylation sites (tertiary alicyclic amines) is 1. The van der Waals surface area contributed by atoms with Gasteiger partial charge in [-0.05, 0) is 31.9 Å². The monoisotopic (exact) mass is 380 g/mol. The van der Waals surface area contributed by atoms with Gasteiger partial charge in [0.2, 0.25) is 0 Å². The topological polar surface area (TPSA) is 101 Å². The first kappa shape index (κ1) is 18.0. The molecule has 1 aromatic carbocycles. The maximum Gasteiger partial charge on any atom is 0.263 e. The van der Waals surface area contributed by atoms with E-state index < -0.39 is 5.56 Å². The second-order valence-electron chi connectivity index (χ2n) is 6.70. The predicted octanol–water partition coefficient (Wildman–Crippen LogP) is 2.62. The van der Waals surface area contributed by atoms with Gasteiger partial charge in [0.15, 0.2) is 5.76 Å². The van der Waals surface area contributed by atoms with Gasteiger partial charge in [0.05, 0.1) is 11.7 Å². The van der Waals surface area contributed by atoms with Crippen molar-refractivity contribution in [1.82, 2.24) is 20.0 Å². The third-order valence-corrected chi connectivity index (χ3v) is 4.69. The molecule has 1 aliphatic heterocycles. The van der Waals surface area contributed by atoms with E-state index in [9.17, 15) is 9.59 Å². The van der Waals surface area contributed by atoms with Gasteiger partial charge in [-0.15, -0.1) is 0 Å². The lowest BCUT2D eigenvalue weighted by Crippen LogP contribution is -2.35. The molecule has 1 amide bonds. The van der Waals surface area contributed by atoms with Crippen molar-refractivity contribution in [3.8, 4) is 5.75 Å². The molecule has 0 saturated carbocycles. The summed E-state index contributed by atoms with van der Waals surface area (Å²) in [4.78, 5) is 33.8. The number of H-pyrrole nitrogens is 1. The van der Waals surface area contributed by atoms with Crippen molar-refractivity contribution in [2.45, 2.75) is 32.4 Å². The highest BCUT2D eigenvalue weighted by atomic mass is 16.5. The van der Waals surface area contributed by atoms with Crippen LogP contribution in [-0.4, -0.2) is 32.5 Å². The Bertz CT molecular complexity index is 1030. The van der Waals surface area contributed by atoms with Crippen LogP contribution in [0.5, 0.6) is 5.75 Å². The van der Waals surface area contributed by atoms with Crippen molar-refractivity contribution < 1.29 is 14.1 Å². The molecule has 28 heavy (non-hydrogen) atoms. The second-order valence-corrected chi connectivity index (χ2v) is 6.70. The van der Waals surface area contributed by atoms with Gasteiger partial charge in [-0.1, -0.05) is 23.4 Å². The van der Waals surface area contributed by atoms with Crippen molar-refractivity contribution in [3.63, 3.8) is 0 Å². The van der Waals surface area contributed by atoms with E-state index in [2.05, 4.69) is 15.1 Å². The molecular formula is C20H20N4O4. The van der Waals surface area contributed by atoms with E-state index in [1.807, 2.05) is 43.3 Å². The zero-order valence-electron chi connectivity index (χ0n) is 15.4. The fourth-order valence-electron chi connectivity index (χ4n) is 3.33. The maximum atomic E-state index is 12.9. The van der Waals surface area contributed by atoms with Gasteiger partial charge in [-0.2, -0.15) is 0 Å². The Morgan fingerprint density at radius 1 is 1.36 bits per heavy atom. The molecule has 8 nitrogen and oxygen atoms in total. The van der Waals surface area contributed by atoms with Crippen LogP contribution < -0.4 is 10.3 Å². The van der Waals surface area contributed by atoms with Gasteiger partial charge in [0, 0.05) is 18.8 Å². The molecule has 4 rings (SSSR count). The zero-order valence-corrected chi connectivity index (χ0v) is 15.4. The van der Waals surface area contributed by atoms with Gasteiger partial charge in [-0.3, -0.25) is 9.59 Å². The number of aromatic amines is 1. The summed E-state index contributed by atoms with van der Waals surface area (Å²) >= 11 is 0. The second kappa shape index (κ2) is 7.67. The number of carbonyl (C=O) groups excluding carboxylic acids is 1. The summed E-state index contributed by atoms with van der Waals surface area (Å²) in [6.45, 7) is 2.50. The molecule has 2 aromatic heterocycles. The van der Waals surface area contributed by atoms with Crippen LogP contribution in [0.1, 0.15) is 46.5 Å². The number of para-hydroxylation sites is 1. The molecule has 0 radical (unpaired) electrons. The number of rotatable bonds is 5. The number of carbonyl (C=O) groups is 1. The number of nitrogens with zero attached hydrogens (tertiary/aromatic N) is 3. The lowest BCUT2D eigenvalue weighted by molar-refractivity contribution is 0.0712. The van der Waals surface area contributed by atoms with E-state index in [4.69, 9.17) is 9.26 Å². The number of nitrogens with one attached hydrogen (secondary N) is 1. The van der Waals surface area contributed by atoms with Gasteiger partial charge in [-0.25, -0.2) is 4.98 Å². The fourth-order valence-corrected chi connectivity index (χ4v) is 3.33. The van der Waals surface area contributed by atoms with Gasteiger partial charge < -0.3 is 19.1 Å².